The third-order valence-corrected chi connectivity index (χ3v) is 3.63. The second-order valence-electron chi connectivity index (χ2n) is 3.58. The van der Waals surface area contributed by atoms with E-state index in [4.69, 9.17) is 10.7 Å². The standard InChI is InChI=1S/C14H9ClO2S/c15-18(16,17)14-10-8-13(9-11-14)7-6-12-4-2-1-3-5-12/h1-5,8-11H. The summed E-state index contributed by atoms with van der Waals surface area (Å²) in [5.41, 5.74) is 1.65. The van der Waals surface area contributed by atoms with Gasteiger partial charge in [-0.3, -0.25) is 0 Å². The van der Waals surface area contributed by atoms with Gasteiger partial charge in [-0.25, -0.2) is 8.42 Å². The van der Waals surface area contributed by atoms with Crippen LogP contribution < -0.4 is 0 Å². The van der Waals surface area contributed by atoms with Crippen LogP contribution >= 0.6 is 10.7 Å². The van der Waals surface area contributed by atoms with E-state index in [0.29, 0.717) is 0 Å². The zero-order valence-corrected chi connectivity index (χ0v) is 10.9. The second kappa shape index (κ2) is 5.26. The third-order valence-electron chi connectivity index (χ3n) is 2.26. The lowest BCUT2D eigenvalue weighted by molar-refractivity contribution is 0.609. The van der Waals surface area contributed by atoms with Crippen LogP contribution in [0.15, 0.2) is 59.5 Å². The third kappa shape index (κ3) is 3.36. The summed E-state index contributed by atoms with van der Waals surface area (Å²) in [6.45, 7) is 0. The van der Waals surface area contributed by atoms with E-state index >= 15 is 0 Å². The largest absolute Gasteiger partial charge is 0.261 e. The Morgan fingerprint density at radius 2 is 1.28 bits per heavy atom. The first-order chi connectivity index (χ1) is 8.55. The topological polar surface area (TPSA) is 34.1 Å². The lowest BCUT2D eigenvalue weighted by atomic mass is 10.2. The molecule has 0 aromatic heterocycles. The van der Waals surface area contributed by atoms with E-state index in [2.05, 4.69) is 11.8 Å². The molecule has 0 atom stereocenters. The van der Waals surface area contributed by atoms with Gasteiger partial charge in [-0.2, -0.15) is 0 Å². The summed E-state index contributed by atoms with van der Waals surface area (Å²) in [5.74, 6) is 5.94. The van der Waals surface area contributed by atoms with Gasteiger partial charge in [0.25, 0.3) is 9.05 Å². The maximum absolute atomic E-state index is 11.1. The molecule has 0 N–H and O–H groups in total. The van der Waals surface area contributed by atoms with Gasteiger partial charge in [0, 0.05) is 21.8 Å². The summed E-state index contributed by atoms with van der Waals surface area (Å²) in [6.07, 6.45) is 0. The molecule has 2 rings (SSSR count). The summed E-state index contributed by atoms with van der Waals surface area (Å²) in [4.78, 5) is 0.0782. The lowest BCUT2D eigenvalue weighted by Crippen LogP contribution is -1.89. The number of benzene rings is 2. The molecule has 0 saturated heterocycles. The fourth-order valence-corrected chi connectivity index (χ4v) is 2.14. The molecule has 0 unspecified atom stereocenters. The van der Waals surface area contributed by atoms with Gasteiger partial charge in [0.2, 0.25) is 0 Å². The Balaban J connectivity index is 2.25. The van der Waals surface area contributed by atoms with Crippen LogP contribution in [0, 0.1) is 11.8 Å². The zero-order valence-electron chi connectivity index (χ0n) is 9.30. The first kappa shape index (κ1) is 12.7. The Morgan fingerprint density at radius 3 is 1.78 bits per heavy atom. The van der Waals surface area contributed by atoms with Gasteiger partial charge in [0.05, 0.1) is 4.90 Å². The summed E-state index contributed by atoms with van der Waals surface area (Å²) >= 11 is 0. The molecule has 0 aliphatic heterocycles. The van der Waals surface area contributed by atoms with E-state index in [9.17, 15) is 8.42 Å². The Kier molecular flexibility index (Phi) is 3.71. The summed E-state index contributed by atoms with van der Waals surface area (Å²) < 4.78 is 22.1. The number of hydrogen-bond donors (Lipinski definition) is 0. The lowest BCUT2D eigenvalue weighted by Gasteiger charge is -1.95. The molecule has 0 radical (unpaired) electrons. The van der Waals surface area contributed by atoms with Crippen LogP contribution in [-0.4, -0.2) is 8.42 Å². The predicted octanol–water partition coefficient (Wildman–Crippen LogP) is 3.01. The molecule has 2 nitrogen and oxygen atoms in total. The van der Waals surface area contributed by atoms with Crippen LogP contribution in [0.25, 0.3) is 0 Å². The second-order valence-corrected chi connectivity index (χ2v) is 6.14. The van der Waals surface area contributed by atoms with Crippen molar-refractivity contribution >= 4 is 19.7 Å². The van der Waals surface area contributed by atoms with E-state index in [-0.39, 0.29) is 4.90 Å². The van der Waals surface area contributed by atoms with Crippen molar-refractivity contribution in [1.82, 2.24) is 0 Å². The van der Waals surface area contributed by atoms with Gasteiger partial charge in [0.1, 0.15) is 0 Å². The monoisotopic (exact) mass is 276 g/mol. The van der Waals surface area contributed by atoms with Gasteiger partial charge in [-0.15, -0.1) is 0 Å². The normalized spacial score (nSPS) is 10.5. The SMILES string of the molecule is O=S(=O)(Cl)c1ccc(C#Cc2ccccc2)cc1. The number of rotatable bonds is 1. The highest BCUT2D eigenvalue weighted by Crippen LogP contribution is 2.14. The van der Waals surface area contributed by atoms with Gasteiger partial charge in [-0.1, -0.05) is 30.0 Å². The smallest absolute Gasteiger partial charge is 0.207 e. The van der Waals surface area contributed by atoms with Crippen molar-refractivity contribution in [1.29, 1.82) is 0 Å². The Labute approximate surface area is 111 Å². The van der Waals surface area contributed by atoms with Crippen LogP contribution in [0.1, 0.15) is 11.1 Å². The molecule has 2 aromatic rings. The van der Waals surface area contributed by atoms with Crippen molar-refractivity contribution in [2.75, 3.05) is 0 Å². The quantitative estimate of drug-likeness (QED) is 0.593. The minimum atomic E-state index is -3.66. The number of halogens is 1. The van der Waals surface area contributed by atoms with E-state index in [1.54, 1.807) is 12.1 Å². The average Bonchev–Trinajstić information content (AvgIpc) is 2.37. The average molecular weight is 277 g/mol. The van der Waals surface area contributed by atoms with Crippen molar-refractivity contribution < 1.29 is 8.42 Å². The molecule has 2 aromatic carbocycles. The predicted molar refractivity (Wildman–Crippen MR) is 71.9 cm³/mol. The molecule has 0 spiro atoms. The van der Waals surface area contributed by atoms with E-state index in [0.717, 1.165) is 11.1 Å². The van der Waals surface area contributed by atoms with E-state index in [1.807, 2.05) is 30.3 Å². The fourth-order valence-electron chi connectivity index (χ4n) is 1.37. The molecule has 0 heterocycles. The van der Waals surface area contributed by atoms with Crippen molar-refractivity contribution in [2.24, 2.45) is 0 Å². The van der Waals surface area contributed by atoms with Crippen LogP contribution in [0.3, 0.4) is 0 Å². The van der Waals surface area contributed by atoms with Crippen LogP contribution in [0.4, 0.5) is 0 Å². The summed E-state index contributed by atoms with van der Waals surface area (Å²) in [5, 5.41) is 0. The maximum Gasteiger partial charge on any atom is 0.261 e. The minimum Gasteiger partial charge on any atom is -0.207 e. The molecule has 0 fully saturated rings. The molecule has 90 valence electrons. The van der Waals surface area contributed by atoms with Crippen LogP contribution in [0.2, 0.25) is 0 Å². The zero-order chi connectivity index (χ0) is 13.0. The van der Waals surface area contributed by atoms with Gasteiger partial charge in [0.15, 0.2) is 0 Å². The van der Waals surface area contributed by atoms with Crippen molar-refractivity contribution in [3.8, 4) is 11.8 Å². The fraction of sp³-hybridized carbons (Fsp3) is 0. The Morgan fingerprint density at radius 1 is 0.778 bits per heavy atom. The van der Waals surface area contributed by atoms with Crippen molar-refractivity contribution in [3.63, 3.8) is 0 Å². The molecule has 0 saturated carbocycles. The summed E-state index contributed by atoms with van der Waals surface area (Å²) in [7, 11) is 1.56. The van der Waals surface area contributed by atoms with E-state index in [1.165, 1.54) is 12.1 Å². The molecule has 18 heavy (non-hydrogen) atoms. The molecular weight excluding hydrogens is 268 g/mol. The first-order valence-corrected chi connectivity index (χ1v) is 7.48. The van der Waals surface area contributed by atoms with Gasteiger partial charge in [-0.05, 0) is 36.4 Å². The molecule has 4 heteroatoms. The highest BCUT2D eigenvalue weighted by atomic mass is 35.7. The number of hydrogen-bond acceptors (Lipinski definition) is 2. The minimum absolute atomic E-state index is 0.0782. The highest BCUT2D eigenvalue weighted by molar-refractivity contribution is 8.13. The molecule has 0 amide bonds. The van der Waals surface area contributed by atoms with Crippen LogP contribution in [0.5, 0.6) is 0 Å². The molecule has 0 bridgehead atoms. The van der Waals surface area contributed by atoms with Crippen LogP contribution in [-0.2, 0) is 9.05 Å². The molecule has 0 aliphatic rings. The summed E-state index contributed by atoms with van der Waals surface area (Å²) in [6, 6.07) is 15.7. The maximum atomic E-state index is 11.1. The Bertz CT molecular complexity index is 693. The Hall–Kier alpha value is -1.76. The first-order valence-electron chi connectivity index (χ1n) is 5.17. The van der Waals surface area contributed by atoms with Crippen molar-refractivity contribution in [2.45, 2.75) is 4.90 Å². The van der Waals surface area contributed by atoms with Crippen molar-refractivity contribution in [3.05, 3.63) is 65.7 Å². The molecule has 0 aliphatic carbocycles. The molecular formula is C14H9ClO2S. The van der Waals surface area contributed by atoms with Gasteiger partial charge >= 0.3 is 0 Å². The van der Waals surface area contributed by atoms with E-state index < -0.39 is 9.05 Å². The van der Waals surface area contributed by atoms with Gasteiger partial charge < -0.3 is 0 Å². The highest BCUT2D eigenvalue weighted by Gasteiger charge is 2.08.